The first-order chi connectivity index (χ1) is 15.7. The highest BCUT2D eigenvalue weighted by Gasteiger charge is 2.44. The second-order valence-corrected chi connectivity index (χ2v) is 8.02. The zero-order valence-electron chi connectivity index (χ0n) is 17.3. The molecule has 1 aliphatic carbocycles. The number of aliphatic carboxylic acids is 1. The van der Waals surface area contributed by atoms with E-state index >= 15 is 0 Å². The van der Waals surface area contributed by atoms with Gasteiger partial charge in [0.15, 0.2) is 0 Å². The highest BCUT2D eigenvalue weighted by molar-refractivity contribution is 5.90. The van der Waals surface area contributed by atoms with Crippen LogP contribution in [0.1, 0.15) is 29.9 Å². The van der Waals surface area contributed by atoms with Gasteiger partial charge < -0.3 is 20.1 Å². The summed E-state index contributed by atoms with van der Waals surface area (Å²) in [5, 5.41) is 11.1. The standard InChI is InChI=1S/C23H21F3N2O5/c24-23(25,26)11-18(20(29)28-10-9-19(28)21(30)31)27-22(32)33-12-17-15-7-3-1-5-13(15)14-6-2-4-8-16(14)17/h1-8,17-19H,9-12H2,(H,27,32)(H,30,31). The number of halogens is 3. The Balaban J connectivity index is 1.45. The van der Waals surface area contributed by atoms with Crippen LogP contribution < -0.4 is 5.32 Å². The van der Waals surface area contributed by atoms with Crippen LogP contribution in [0.4, 0.5) is 18.0 Å². The lowest BCUT2D eigenvalue weighted by atomic mass is 9.98. The third kappa shape index (κ3) is 4.64. The molecular formula is C23H21F3N2O5. The lowest BCUT2D eigenvalue weighted by molar-refractivity contribution is -0.165. The van der Waals surface area contributed by atoms with Gasteiger partial charge in [0, 0.05) is 12.5 Å². The van der Waals surface area contributed by atoms with E-state index in [4.69, 9.17) is 9.84 Å². The molecule has 2 atom stereocenters. The van der Waals surface area contributed by atoms with Gasteiger partial charge in [0.25, 0.3) is 0 Å². The number of carbonyl (C=O) groups excluding carboxylic acids is 2. The smallest absolute Gasteiger partial charge is 0.407 e. The highest BCUT2D eigenvalue weighted by atomic mass is 19.4. The Bertz CT molecular complexity index is 1040. The van der Waals surface area contributed by atoms with Gasteiger partial charge in [-0.25, -0.2) is 9.59 Å². The molecule has 0 aromatic heterocycles. The molecule has 2 N–H and O–H groups in total. The maximum atomic E-state index is 13.0. The number of alkyl halides is 3. The normalized spacial score (nSPS) is 18.0. The minimum atomic E-state index is -4.75. The predicted octanol–water partition coefficient (Wildman–Crippen LogP) is 3.53. The van der Waals surface area contributed by atoms with Crippen molar-refractivity contribution in [2.24, 2.45) is 0 Å². The summed E-state index contributed by atoms with van der Waals surface area (Å²) in [5.41, 5.74) is 3.84. The van der Waals surface area contributed by atoms with E-state index in [1.165, 1.54) is 0 Å². The summed E-state index contributed by atoms with van der Waals surface area (Å²) in [4.78, 5) is 36.9. The second kappa shape index (κ2) is 8.76. The van der Waals surface area contributed by atoms with Crippen LogP contribution in [0.15, 0.2) is 48.5 Å². The fourth-order valence-electron chi connectivity index (χ4n) is 4.32. The molecule has 0 radical (unpaired) electrons. The number of ether oxygens (including phenoxy) is 1. The molecule has 0 saturated carbocycles. The van der Waals surface area contributed by atoms with Crippen LogP contribution in [-0.2, 0) is 14.3 Å². The van der Waals surface area contributed by atoms with Crippen molar-refractivity contribution in [3.63, 3.8) is 0 Å². The summed E-state index contributed by atoms with van der Waals surface area (Å²) < 4.78 is 44.4. The Hall–Kier alpha value is -3.56. The van der Waals surface area contributed by atoms with Crippen molar-refractivity contribution in [3.8, 4) is 11.1 Å². The minimum absolute atomic E-state index is 0.0104. The average Bonchev–Trinajstić information content (AvgIpc) is 3.03. The molecule has 174 valence electrons. The summed E-state index contributed by atoms with van der Waals surface area (Å²) in [5.74, 6) is -2.70. The number of nitrogens with zero attached hydrogens (tertiary/aromatic N) is 1. The van der Waals surface area contributed by atoms with Gasteiger partial charge in [-0.15, -0.1) is 0 Å². The molecule has 2 aliphatic rings. The molecule has 0 bridgehead atoms. The van der Waals surface area contributed by atoms with Crippen LogP contribution in [0.5, 0.6) is 0 Å². The predicted molar refractivity (Wildman–Crippen MR) is 110 cm³/mol. The lowest BCUT2D eigenvalue weighted by Crippen LogP contribution is -2.61. The summed E-state index contributed by atoms with van der Waals surface area (Å²) >= 11 is 0. The molecule has 1 fully saturated rings. The van der Waals surface area contributed by atoms with Crippen LogP contribution in [0.2, 0.25) is 0 Å². The Morgan fingerprint density at radius 2 is 1.64 bits per heavy atom. The van der Waals surface area contributed by atoms with Crippen molar-refractivity contribution in [2.75, 3.05) is 13.2 Å². The number of carboxylic acids is 1. The maximum Gasteiger partial charge on any atom is 0.407 e. The maximum absolute atomic E-state index is 13.0. The Morgan fingerprint density at radius 1 is 1.06 bits per heavy atom. The molecule has 2 aromatic carbocycles. The van der Waals surface area contributed by atoms with Gasteiger partial charge in [-0.3, -0.25) is 4.79 Å². The van der Waals surface area contributed by atoms with E-state index < -0.39 is 42.7 Å². The molecule has 2 unspecified atom stereocenters. The van der Waals surface area contributed by atoms with Crippen molar-refractivity contribution < 1.29 is 37.4 Å². The van der Waals surface area contributed by atoms with Gasteiger partial charge in [0.1, 0.15) is 18.7 Å². The molecule has 2 aromatic rings. The zero-order valence-corrected chi connectivity index (χ0v) is 17.3. The first kappa shape index (κ1) is 22.6. The Labute approximate surface area is 187 Å². The van der Waals surface area contributed by atoms with Crippen molar-refractivity contribution in [2.45, 2.75) is 37.0 Å². The van der Waals surface area contributed by atoms with Crippen molar-refractivity contribution in [1.29, 1.82) is 0 Å². The first-order valence-electron chi connectivity index (χ1n) is 10.4. The molecule has 1 aliphatic heterocycles. The van der Waals surface area contributed by atoms with Crippen LogP contribution in [0, 0.1) is 0 Å². The topological polar surface area (TPSA) is 95.9 Å². The van der Waals surface area contributed by atoms with Crippen LogP contribution in [-0.4, -0.2) is 59.4 Å². The molecule has 0 spiro atoms. The summed E-state index contributed by atoms with van der Waals surface area (Å²) in [7, 11) is 0. The minimum Gasteiger partial charge on any atom is -0.480 e. The largest absolute Gasteiger partial charge is 0.480 e. The highest BCUT2D eigenvalue weighted by Crippen LogP contribution is 2.44. The second-order valence-electron chi connectivity index (χ2n) is 8.02. The van der Waals surface area contributed by atoms with Crippen LogP contribution in [0.3, 0.4) is 0 Å². The van der Waals surface area contributed by atoms with E-state index in [0.717, 1.165) is 27.2 Å². The van der Waals surface area contributed by atoms with Gasteiger partial charge >= 0.3 is 18.2 Å². The third-order valence-corrected chi connectivity index (χ3v) is 5.96. The number of rotatable bonds is 6. The summed E-state index contributed by atoms with van der Waals surface area (Å²) in [6.07, 6.45) is -7.41. The van der Waals surface area contributed by atoms with Crippen molar-refractivity contribution in [3.05, 3.63) is 59.7 Å². The molecule has 33 heavy (non-hydrogen) atoms. The summed E-state index contributed by atoms with van der Waals surface area (Å²) in [6, 6.07) is 12.0. The Morgan fingerprint density at radius 3 is 2.12 bits per heavy atom. The number of alkyl carbamates (subject to hydrolysis) is 1. The monoisotopic (exact) mass is 462 g/mol. The molecule has 10 heteroatoms. The van der Waals surface area contributed by atoms with Gasteiger partial charge in [-0.1, -0.05) is 48.5 Å². The number of likely N-dealkylation sites (tertiary alicyclic amines) is 1. The lowest BCUT2D eigenvalue weighted by Gasteiger charge is -2.40. The van der Waals surface area contributed by atoms with E-state index in [1.54, 1.807) is 0 Å². The van der Waals surface area contributed by atoms with Gasteiger partial charge in [-0.2, -0.15) is 13.2 Å². The summed E-state index contributed by atoms with van der Waals surface area (Å²) in [6.45, 7) is -0.120. The number of fused-ring (bicyclic) bond motifs is 3. The van der Waals surface area contributed by atoms with E-state index in [2.05, 4.69) is 0 Å². The molecule has 4 rings (SSSR count). The fourth-order valence-corrected chi connectivity index (χ4v) is 4.32. The van der Waals surface area contributed by atoms with E-state index in [0.29, 0.717) is 0 Å². The number of benzene rings is 2. The number of carboxylic acid groups (broad SMARTS) is 1. The molecule has 1 heterocycles. The Kier molecular flexibility index (Phi) is 6.01. The SMILES string of the molecule is O=C(NC(CC(F)(F)F)C(=O)N1CCC1C(=O)O)OCC1c2ccccc2-c2ccccc21. The van der Waals surface area contributed by atoms with Crippen molar-refractivity contribution >= 4 is 18.0 Å². The quantitative estimate of drug-likeness (QED) is 0.685. The van der Waals surface area contributed by atoms with E-state index in [9.17, 15) is 27.6 Å². The van der Waals surface area contributed by atoms with Gasteiger partial charge in [0.05, 0.1) is 6.42 Å². The number of nitrogens with one attached hydrogen (secondary N) is 1. The molecular weight excluding hydrogens is 441 g/mol. The number of hydrogen-bond donors (Lipinski definition) is 2. The van der Waals surface area contributed by atoms with Gasteiger partial charge in [-0.05, 0) is 28.7 Å². The number of hydrogen-bond acceptors (Lipinski definition) is 4. The van der Waals surface area contributed by atoms with Crippen molar-refractivity contribution in [1.82, 2.24) is 10.2 Å². The first-order valence-corrected chi connectivity index (χ1v) is 10.4. The van der Waals surface area contributed by atoms with Crippen LogP contribution >= 0.6 is 0 Å². The van der Waals surface area contributed by atoms with Gasteiger partial charge in [0.2, 0.25) is 5.91 Å². The average molecular weight is 462 g/mol. The molecule has 1 saturated heterocycles. The number of carbonyl (C=O) groups is 3. The number of amides is 2. The van der Waals surface area contributed by atoms with Crippen LogP contribution in [0.25, 0.3) is 11.1 Å². The molecule has 2 amide bonds. The third-order valence-electron chi connectivity index (χ3n) is 5.96. The molecule has 7 nitrogen and oxygen atoms in total. The van der Waals surface area contributed by atoms with E-state index in [1.807, 2.05) is 53.8 Å². The zero-order chi connectivity index (χ0) is 23.8. The van der Waals surface area contributed by atoms with E-state index in [-0.39, 0.29) is 25.5 Å². The fraction of sp³-hybridized carbons (Fsp3) is 0.348.